The van der Waals surface area contributed by atoms with Gasteiger partial charge in [-0.15, -0.1) is 0 Å². The number of benzene rings is 2. The van der Waals surface area contributed by atoms with E-state index in [-0.39, 0.29) is 16.4 Å². The molecule has 0 aliphatic rings. The van der Waals surface area contributed by atoms with Crippen molar-refractivity contribution in [3.8, 4) is 11.5 Å². The zero-order chi connectivity index (χ0) is 22.4. The zero-order valence-corrected chi connectivity index (χ0v) is 18.0. The molecule has 0 saturated heterocycles. The van der Waals surface area contributed by atoms with E-state index in [9.17, 15) is 13.2 Å². The largest absolute Gasteiger partial charge is 0.493 e. The average Bonchev–Trinajstić information content (AvgIpc) is 2.76. The number of methoxy groups -OCH3 is 1. The summed E-state index contributed by atoms with van der Waals surface area (Å²) in [5.74, 6) is -0.160. The number of carbonyl (C=O) groups is 1. The summed E-state index contributed by atoms with van der Waals surface area (Å²) in [5.41, 5.74) is 4.72. The van der Waals surface area contributed by atoms with Crippen LogP contribution in [0.3, 0.4) is 0 Å². The molecule has 1 N–H and O–H groups in total. The molecule has 0 saturated carbocycles. The van der Waals surface area contributed by atoms with Gasteiger partial charge in [-0.3, -0.25) is 9.78 Å². The van der Waals surface area contributed by atoms with Crippen LogP contribution in [-0.4, -0.2) is 32.6 Å². The van der Waals surface area contributed by atoms with Gasteiger partial charge in [-0.05, 0) is 66.9 Å². The molecule has 1 aromatic heterocycles. The van der Waals surface area contributed by atoms with Crippen molar-refractivity contribution in [2.75, 3.05) is 7.11 Å². The Morgan fingerprint density at radius 3 is 2.61 bits per heavy atom. The number of pyridine rings is 1. The smallest absolute Gasteiger partial charge is 0.339 e. The summed E-state index contributed by atoms with van der Waals surface area (Å²) in [6.45, 7) is 3.51. The van der Waals surface area contributed by atoms with E-state index in [1.165, 1.54) is 25.6 Å². The van der Waals surface area contributed by atoms with E-state index in [4.69, 9.17) is 8.92 Å². The van der Waals surface area contributed by atoms with E-state index in [1.54, 1.807) is 56.4 Å². The second-order valence-corrected chi connectivity index (χ2v) is 8.17. The highest BCUT2D eigenvalue weighted by Gasteiger charge is 2.21. The van der Waals surface area contributed by atoms with Gasteiger partial charge in [0, 0.05) is 12.4 Å². The number of hydrazone groups is 1. The van der Waals surface area contributed by atoms with Gasteiger partial charge in [0.15, 0.2) is 11.5 Å². The molecule has 0 fully saturated rings. The zero-order valence-electron chi connectivity index (χ0n) is 17.2. The van der Waals surface area contributed by atoms with Gasteiger partial charge >= 0.3 is 10.1 Å². The number of hydrogen-bond acceptors (Lipinski definition) is 7. The highest BCUT2D eigenvalue weighted by atomic mass is 32.2. The van der Waals surface area contributed by atoms with E-state index in [2.05, 4.69) is 15.5 Å². The Hall–Kier alpha value is -3.72. The van der Waals surface area contributed by atoms with Gasteiger partial charge in [0.1, 0.15) is 4.90 Å². The summed E-state index contributed by atoms with van der Waals surface area (Å²) >= 11 is 0. The second-order valence-electron chi connectivity index (χ2n) is 6.66. The summed E-state index contributed by atoms with van der Waals surface area (Å²) in [4.78, 5) is 15.9. The maximum Gasteiger partial charge on any atom is 0.339 e. The molecule has 9 heteroatoms. The third-order valence-corrected chi connectivity index (χ3v) is 5.68. The number of aromatic nitrogens is 1. The predicted octanol–water partition coefficient (Wildman–Crippen LogP) is 3.24. The van der Waals surface area contributed by atoms with Crippen molar-refractivity contribution in [1.82, 2.24) is 10.4 Å². The highest BCUT2D eigenvalue weighted by Crippen LogP contribution is 2.31. The highest BCUT2D eigenvalue weighted by molar-refractivity contribution is 7.87. The van der Waals surface area contributed by atoms with Crippen molar-refractivity contribution in [3.63, 3.8) is 0 Å². The maximum atomic E-state index is 12.8. The van der Waals surface area contributed by atoms with Crippen molar-refractivity contribution in [3.05, 3.63) is 83.2 Å². The fraction of sp³-hybridized carbons (Fsp3) is 0.136. The molecule has 0 unspecified atom stereocenters. The van der Waals surface area contributed by atoms with Gasteiger partial charge in [0.25, 0.3) is 5.91 Å². The number of aryl methyl sites for hydroxylation is 2. The minimum absolute atomic E-state index is 0.0416. The molecule has 0 aliphatic heterocycles. The number of amides is 1. The maximum absolute atomic E-state index is 12.8. The number of nitrogens with zero attached hydrogens (tertiary/aromatic N) is 2. The van der Waals surface area contributed by atoms with Crippen LogP contribution in [0, 0.1) is 13.8 Å². The molecular formula is C22H21N3O5S. The Balaban J connectivity index is 1.77. The lowest BCUT2D eigenvalue weighted by Crippen LogP contribution is -2.17. The SMILES string of the molecule is COc1cc(/C=N/NC(=O)c2cccnc2)ccc1OS(=O)(=O)c1cc(C)ccc1C. The number of hydrogen-bond donors (Lipinski definition) is 1. The Morgan fingerprint density at radius 1 is 1.10 bits per heavy atom. The average molecular weight is 439 g/mol. The van der Waals surface area contributed by atoms with Crippen molar-refractivity contribution in [2.45, 2.75) is 18.7 Å². The summed E-state index contributed by atoms with van der Waals surface area (Å²) in [7, 11) is -2.65. The lowest BCUT2D eigenvalue weighted by Gasteiger charge is -2.13. The Kier molecular flexibility index (Phi) is 6.66. The van der Waals surface area contributed by atoms with E-state index in [0.29, 0.717) is 16.7 Å². The number of nitrogens with one attached hydrogen (secondary N) is 1. The summed E-state index contributed by atoms with van der Waals surface area (Å²) in [6, 6.07) is 13.0. The molecule has 31 heavy (non-hydrogen) atoms. The number of rotatable bonds is 7. The summed E-state index contributed by atoms with van der Waals surface area (Å²) < 4.78 is 36.1. The minimum Gasteiger partial charge on any atom is -0.493 e. The van der Waals surface area contributed by atoms with Crippen LogP contribution in [0.2, 0.25) is 0 Å². The monoisotopic (exact) mass is 439 g/mol. The van der Waals surface area contributed by atoms with Crippen LogP contribution in [0.25, 0.3) is 0 Å². The van der Waals surface area contributed by atoms with Crippen LogP contribution in [-0.2, 0) is 10.1 Å². The lowest BCUT2D eigenvalue weighted by molar-refractivity contribution is 0.0954. The fourth-order valence-electron chi connectivity index (χ4n) is 2.70. The van der Waals surface area contributed by atoms with Gasteiger partial charge in [-0.1, -0.05) is 12.1 Å². The van der Waals surface area contributed by atoms with Crippen molar-refractivity contribution in [1.29, 1.82) is 0 Å². The van der Waals surface area contributed by atoms with Crippen LogP contribution >= 0.6 is 0 Å². The topological polar surface area (TPSA) is 107 Å². The number of carbonyl (C=O) groups excluding carboxylic acids is 1. The quantitative estimate of drug-likeness (QED) is 0.344. The molecule has 3 aromatic rings. The van der Waals surface area contributed by atoms with Gasteiger partial charge in [-0.25, -0.2) is 5.43 Å². The van der Waals surface area contributed by atoms with Gasteiger partial charge in [-0.2, -0.15) is 13.5 Å². The molecule has 0 radical (unpaired) electrons. The fourth-order valence-corrected chi connectivity index (χ4v) is 3.96. The van der Waals surface area contributed by atoms with E-state index in [0.717, 1.165) is 5.56 Å². The first-order chi connectivity index (χ1) is 14.8. The molecule has 0 atom stereocenters. The first-order valence-electron chi connectivity index (χ1n) is 9.23. The summed E-state index contributed by atoms with van der Waals surface area (Å²) in [5, 5.41) is 3.90. The van der Waals surface area contributed by atoms with Crippen molar-refractivity contribution < 1.29 is 22.1 Å². The molecule has 1 heterocycles. The van der Waals surface area contributed by atoms with Crippen LogP contribution in [0.15, 0.2) is 70.9 Å². The normalized spacial score (nSPS) is 11.3. The standard InChI is InChI=1S/C22H21N3O5S/c1-15-6-7-16(2)21(11-15)31(27,28)30-19-9-8-17(12-20(19)29-3)13-24-25-22(26)18-5-4-10-23-14-18/h4-14H,1-3H3,(H,25,26)/b24-13+. The van der Waals surface area contributed by atoms with Crippen LogP contribution in [0.1, 0.15) is 27.0 Å². The first kappa shape index (κ1) is 22.0. The lowest BCUT2D eigenvalue weighted by atomic mass is 10.2. The van der Waals surface area contributed by atoms with E-state index in [1.807, 2.05) is 6.07 Å². The second kappa shape index (κ2) is 9.40. The van der Waals surface area contributed by atoms with Gasteiger partial charge in [0.05, 0.1) is 18.9 Å². The molecule has 0 aliphatic carbocycles. The van der Waals surface area contributed by atoms with Crippen LogP contribution in [0.4, 0.5) is 0 Å². The molecule has 2 aromatic carbocycles. The third-order valence-electron chi connectivity index (χ3n) is 4.30. The van der Waals surface area contributed by atoms with E-state index < -0.39 is 16.0 Å². The van der Waals surface area contributed by atoms with Crippen molar-refractivity contribution >= 4 is 22.2 Å². The predicted molar refractivity (Wildman–Crippen MR) is 116 cm³/mol. The molecule has 1 amide bonds. The minimum atomic E-state index is -4.05. The van der Waals surface area contributed by atoms with Crippen molar-refractivity contribution in [2.24, 2.45) is 5.10 Å². The third kappa shape index (κ3) is 5.46. The molecule has 3 rings (SSSR count). The first-order valence-corrected chi connectivity index (χ1v) is 10.6. The molecule has 0 spiro atoms. The molecular weight excluding hydrogens is 418 g/mol. The van der Waals surface area contributed by atoms with E-state index >= 15 is 0 Å². The molecule has 8 nitrogen and oxygen atoms in total. The van der Waals surface area contributed by atoms with Gasteiger partial charge in [0.2, 0.25) is 0 Å². The van der Waals surface area contributed by atoms with Gasteiger partial charge < -0.3 is 8.92 Å². The van der Waals surface area contributed by atoms with Crippen LogP contribution in [0.5, 0.6) is 11.5 Å². The molecule has 0 bridgehead atoms. The Bertz CT molecular complexity index is 1230. The Morgan fingerprint density at radius 2 is 1.90 bits per heavy atom. The Labute approximate surface area is 180 Å². The molecule has 160 valence electrons. The van der Waals surface area contributed by atoms with Crippen LogP contribution < -0.4 is 14.3 Å². The summed E-state index contributed by atoms with van der Waals surface area (Å²) in [6.07, 6.45) is 4.40. The number of ether oxygens (including phenoxy) is 1.